The van der Waals surface area contributed by atoms with Crippen molar-refractivity contribution in [2.45, 2.75) is 116 Å². The van der Waals surface area contributed by atoms with Crippen LogP contribution >= 0.6 is 22.9 Å². The van der Waals surface area contributed by atoms with Gasteiger partial charge in [0, 0.05) is 5.38 Å². The monoisotopic (exact) mass is 719 g/mol. The van der Waals surface area contributed by atoms with Gasteiger partial charge < -0.3 is 33.7 Å². The van der Waals surface area contributed by atoms with Crippen molar-refractivity contribution in [2.24, 2.45) is 5.16 Å². The van der Waals surface area contributed by atoms with Crippen molar-refractivity contribution in [3.63, 3.8) is 0 Å². The summed E-state index contributed by atoms with van der Waals surface area (Å²) in [5.74, 6) is -1.99. The number of halogens is 1. The third kappa shape index (κ3) is 11.6. The summed E-state index contributed by atoms with van der Waals surface area (Å²) in [4.78, 5) is 73.4. The van der Waals surface area contributed by atoms with Crippen LogP contribution in [0, 0.1) is 0 Å². The van der Waals surface area contributed by atoms with Crippen LogP contribution in [0.2, 0.25) is 18.1 Å². The molecule has 2 rings (SSSR count). The molecule has 0 bridgehead atoms. The van der Waals surface area contributed by atoms with Crippen LogP contribution in [0.4, 0.5) is 14.7 Å². The summed E-state index contributed by atoms with van der Waals surface area (Å²) < 4.78 is 22.3. The van der Waals surface area contributed by atoms with E-state index in [9.17, 15) is 24.0 Å². The van der Waals surface area contributed by atoms with Crippen molar-refractivity contribution in [2.75, 3.05) is 18.5 Å². The van der Waals surface area contributed by atoms with Crippen molar-refractivity contribution in [1.29, 1.82) is 0 Å². The first-order chi connectivity index (χ1) is 21.3. The second kappa shape index (κ2) is 15.2. The molecular weight excluding hydrogens is 674 g/mol. The van der Waals surface area contributed by atoms with Gasteiger partial charge in [0.1, 0.15) is 29.5 Å². The molecule has 1 aromatic rings. The first-order valence-corrected chi connectivity index (χ1v) is 19.1. The molecule has 0 radical (unpaired) electrons. The number of oxime groups is 1. The lowest BCUT2D eigenvalue weighted by atomic mass is 9.99. The van der Waals surface area contributed by atoms with Gasteiger partial charge in [-0.1, -0.05) is 50.6 Å². The third-order valence-corrected chi connectivity index (χ3v) is 13.2. The minimum Gasteiger partial charge on any atom is -0.457 e. The van der Waals surface area contributed by atoms with Crippen LogP contribution in [0.5, 0.6) is 0 Å². The molecule has 18 heteroatoms. The Morgan fingerprint density at radius 2 is 1.66 bits per heavy atom. The number of nitrogens with one attached hydrogen (secondary N) is 2. The van der Waals surface area contributed by atoms with Gasteiger partial charge >= 0.3 is 18.2 Å². The molecule has 264 valence electrons. The minimum atomic E-state index is -2.51. The highest BCUT2D eigenvalue weighted by atomic mass is 35.5. The maximum atomic E-state index is 13.7. The highest BCUT2D eigenvalue weighted by Gasteiger charge is 2.58. The third-order valence-electron chi connectivity index (χ3n) is 6.90. The first kappa shape index (κ1) is 39.7. The van der Waals surface area contributed by atoms with Crippen LogP contribution in [0.3, 0.4) is 0 Å². The van der Waals surface area contributed by atoms with Crippen LogP contribution in [-0.2, 0) is 38.2 Å². The van der Waals surface area contributed by atoms with Crippen molar-refractivity contribution < 1.29 is 47.8 Å². The van der Waals surface area contributed by atoms with E-state index in [0.29, 0.717) is 0 Å². The smallest absolute Gasteiger partial charge is 0.457 e. The summed E-state index contributed by atoms with van der Waals surface area (Å²) >= 11 is 6.71. The molecular formula is C29H46ClN5O10SSi. The number of hydrogen-bond donors (Lipinski definition) is 2. The number of nitrogens with zero attached hydrogens (tertiary/aromatic N) is 3. The van der Waals surface area contributed by atoms with Gasteiger partial charge in [-0.2, -0.15) is 0 Å². The van der Waals surface area contributed by atoms with Crippen molar-refractivity contribution in [1.82, 2.24) is 14.9 Å². The predicted molar refractivity (Wildman–Crippen MR) is 178 cm³/mol. The Hall–Kier alpha value is -3.44. The number of thiazole rings is 1. The molecule has 1 aliphatic heterocycles. The summed E-state index contributed by atoms with van der Waals surface area (Å²) in [6, 6.07) is -1.86. The maximum Gasteiger partial charge on any atom is 0.509 e. The van der Waals surface area contributed by atoms with Gasteiger partial charge in [-0.05, 0) is 53.5 Å². The standard InChI is InChI=1S/C29H46ClN5O10SSi/c1-16(30)43-26(40)41-13-18-21(23(38)35(18)47(11,12)29(8,9)10)32-22(37)20(34-42-14-19(36)44-27(2,3)4)17-15-46-24(31-17)33-25(39)45-28(5,6)7/h15-16,18,21H,13-14H2,1-12H3,(H,32,37)(H,31,33,39)/b34-20-. The Kier molecular flexibility index (Phi) is 12.8. The number of alkyl halides is 1. The highest BCUT2D eigenvalue weighted by Crippen LogP contribution is 2.43. The first-order valence-electron chi connectivity index (χ1n) is 14.8. The number of carbonyl (C=O) groups is 5. The Morgan fingerprint density at radius 1 is 1.06 bits per heavy atom. The van der Waals surface area contributed by atoms with E-state index in [0.717, 1.165) is 11.3 Å². The highest BCUT2D eigenvalue weighted by molar-refractivity contribution is 7.14. The van der Waals surface area contributed by atoms with E-state index >= 15 is 0 Å². The van der Waals surface area contributed by atoms with E-state index < -0.39 is 73.5 Å². The van der Waals surface area contributed by atoms with Crippen LogP contribution < -0.4 is 10.6 Å². The maximum absolute atomic E-state index is 13.7. The number of hydrogen-bond acceptors (Lipinski definition) is 13. The average Bonchev–Trinajstić information content (AvgIpc) is 3.31. The fraction of sp³-hybridized carbons (Fsp3) is 0.690. The van der Waals surface area contributed by atoms with Gasteiger partial charge in [-0.25, -0.2) is 19.4 Å². The molecule has 1 saturated heterocycles. The van der Waals surface area contributed by atoms with Crippen molar-refractivity contribution >= 4 is 72.0 Å². The fourth-order valence-corrected chi connectivity index (χ4v) is 7.23. The zero-order valence-electron chi connectivity index (χ0n) is 28.9. The predicted octanol–water partition coefficient (Wildman–Crippen LogP) is 4.99. The number of aromatic nitrogens is 1. The van der Waals surface area contributed by atoms with Crippen LogP contribution in [0.25, 0.3) is 0 Å². The summed E-state index contributed by atoms with van der Waals surface area (Å²) in [5.41, 5.74) is -2.91. The second-order valence-corrected chi connectivity index (χ2v) is 20.8. The molecule has 0 aliphatic carbocycles. The minimum absolute atomic E-state index is 0.0248. The molecule has 3 amide bonds. The van der Waals surface area contributed by atoms with E-state index in [4.69, 9.17) is 35.4 Å². The Bertz CT molecular complexity index is 1360. The number of carbonyl (C=O) groups excluding carboxylic acids is 5. The Morgan fingerprint density at radius 3 is 2.19 bits per heavy atom. The quantitative estimate of drug-likeness (QED) is 0.0597. The molecule has 1 fully saturated rings. The van der Waals surface area contributed by atoms with Crippen molar-refractivity contribution in [3.8, 4) is 0 Å². The molecule has 0 saturated carbocycles. The van der Waals surface area contributed by atoms with E-state index in [1.165, 1.54) is 12.3 Å². The normalized spacial score (nSPS) is 18.0. The molecule has 0 spiro atoms. The van der Waals surface area contributed by atoms with Crippen LogP contribution in [0.1, 0.15) is 74.9 Å². The van der Waals surface area contributed by atoms with Gasteiger partial charge in [0.15, 0.2) is 24.6 Å². The second-order valence-electron chi connectivity index (χ2n) is 14.2. The topological polar surface area (TPSA) is 184 Å². The number of ether oxygens (including phenoxy) is 4. The van der Waals surface area contributed by atoms with E-state index in [1.54, 1.807) is 46.1 Å². The lowest BCUT2D eigenvalue weighted by Gasteiger charge is -2.57. The molecule has 3 unspecified atom stereocenters. The van der Waals surface area contributed by atoms with E-state index in [1.807, 2.05) is 33.9 Å². The largest absolute Gasteiger partial charge is 0.509 e. The number of amides is 3. The summed E-state index contributed by atoms with van der Waals surface area (Å²) in [6.07, 6.45) is -1.80. The summed E-state index contributed by atoms with van der Waals surface area (Å²) in [7, 11) is -2.51. The Balaban J connectivity index is 2.38. The molecule has 0 aromatic carbocycles. The number of esters is 1. The van der Waals surface area contributed by atoms with Crippen LogP contribution in [-0.4, -0.2) is 95.6 Å². The van der Waals surface area contributed by atoms with Gasteiger partial charge in [0.25, 0.3) is 5.91 Å². The molecule has 15 nitrogen and oxygen atoms in total. The van der Waals surface area contributed by atoms with Gasteiger partial charge in [0.2, 0.25) is 12.5 Å². The van der Waals surface area contributed by atoms with Gasteiger partial charge in [-0.15, -0.1) is 11.3 Å². The van der Waals surface area contributed by atoms with E-state index in [-0.39, 0.29) is 28.4 Å². The zero-order chi connectivity index (χ0) is 36.1. The molecule has 1 aromatic heterocycles. The fourth-order valence-electron chi connectivity index (χ4n) is 4.01. The van der Waals surface area contributed by atoms with Gasteiger partial charge in [0.05, 0.1) is 6.04 Å². The Labute approximate surface area is 285 Å². The molecule has 1 aliphatic rings. The summed E-state index contributed by atoms with van der Waals surface area (Å²) in [5, 5.41) is 10.2. The molecule has 3 atom stereocenters. The molecule has 2 heterocycles. The molecule has 2 N–H and O–H groups in total. The van der Waals surface area contributed by atoms with Crippen molar-refractivity contribution in [3.05, 3.63) is 11.1 Å². The SMILES string of the molecule is CC(Cl)OC(=O)OCC1C(NC(=O)/C(=N\OCC(=O)OC(C)(C)C)c2csc(NC(=O)OC(C)(C)C)n2)C(=O)N1[Si](C)(C)C(C)(C)C. The number of anilines is 1. The lowest BCUT2D eigenvalue weighted by molar-refractivity contribution is -0.160. The zero-order valence-corrected chi connectivity index (χ0v) is 31.5. The van der Waals surface area contributed by atoms with E-state index in [2.05, 4.69) is 20.8 Å². The summed E-state index contributed by atoms with van der Waals surface area (Å²) in [6.45, 7) is 20.7. The average molecular weight is 720 g/mol. The van der Waals surface area contributed by atoms with Crippen LogP contribution in [0.15, 0.2) is 10.5 Å². The van der Waals surface area contributed by atoms with Gasteiger partial charge in [-0.3, -0.25) is 14.9 Å². The number of rotatable bonds is 11. The lowest BCUT2D eigenvalue weighted by Crippen LogP contribution is -2.80. The number of β-lactam (4-membered cyclic amide) rings is 1. The molecule has 47 heavy (non-hydrogen) atoms.